The molecule has 0 atom stereocenters. The smallest absolute Gasteiger partial charge is 0.273 e. The van der Waals surface area contributed by atoms with E-state index in [9.17, 15) is 19.8 Å². The number of halogens is 1. The number of carbonyl (C=O) groups excluding carboxylic acids is 1. The van der Waals surface area contributed by atoms with E-state index >= 15 is 0 Å². The Balaban J connectivity index is 2.69. The van der Waals surface area contributed by atoms with Crippen LogP contribution in [0.2, 0.25) is 5.02 Å². The number of aryl methyl sites for hydroxylation is 1. The maximum atomic E-state index is 12.7. The summed E-state index contributed by atoms with van der Waals surface area (Å²) in [7, 11) is 0. The summed E-state index contributed by atoms with van der Waals surface area (Å²) in [6, 6.07) is 1.27. The molecule has 0 saturated heterocycles. The SMILES string of the molecule is Cc1c(O)c(C)c2oc3cc(Cl)c(C(N)=O)n3c(=O)c2c1O. The zero-order chi connectivity index (χ0) is 16.3. The Bertz CT molecular complexity index is 1030. The molecule has 2 aromatic heterocycles. The van der Waals surface area contributed by atoms with Crippen LogP contribution in [0.4, 0.5) is 0 Å². The van der Waals surface area contributed by atoms with E-state index in [0.29, 0.717) is 5.56 Å². The lowest BCUT2D eigenvalue weighted by atomic mass is 10.1. The van der Waals surface area contributed by atoms with Crippen molar-refractivity contribution in [3.63, 3.8) is 0 Å². The fourth-order valence-corrected chi connectivity index (χ4v) is 2.76. The van der Waals surface area contributed by atoms with E-state index < -0.39 is 17.2 Å². The van der Waals surface area contributed by atoms with Gasteiger partial charge in [-0.2, -0.15) is 0 Å². The van der Waals surface area contributed by atoms with Crippen LogP contribution < -0.4 is 11.3 Å². The minimum atomic E-state index is -0.900. The Hall–Kier alpha value is -2.67. The third-order valence-corrected chi connectivity index (χ3v) is 3.94. The number of amides is 1. The molecular formula is C14H11ClN2O5. The zero-order valence-electron chi connectivity index (χ0n) is 11.6. The largest absolute Gasteiger partial charge is 0.507 e. The summed E-state index contributed by atoms with van der Waals surface area (Å²) in [5.74, 6) is -1.50. The lowest BCUT2D eigenvalue weighted by molar-refractivity contribution is 0.0994. The molecule has 0 radical (unpaired) electrons. The number of aromatic hydroxyl groups is 2. The molecule has 0 unspecified atom stereocenters. The Morgan fingerprint density at radius 2 is 1.91 bits per heavy atom. The van der Waals surface area contributed by atoms with Crippen molar-refractivity contribution in [1.29, 1.82) is 0 Å². The number of hydrogen-bond donors (Lipinski definition) is 3. The number of fused-ring (bicyclic) bond motifs is 2. The normalized spacial score (nSPS) is 11.4. The summed E-state index contributed by atoms with van der Waals surface area (Å²) in [5, 5.41) is 19.9. The number of nitrogens with zero attached hydrogens (tertiary/aromatic N) is 1. The molecule has 114 valence electrons. The van der Waals surface area contributed by atoms with Crippen LogP contribution in [0.25, 0.3) is 16.7 Å². The third kappa shape index (κ3) is 1.62. The summed E-state index contributed by atoms with van der Waals surface area (Å²) in [6.07, 6.45) is 0. The van der Waals surface area contributed by atoms with Gasteiger partial charge in [-0.25, -0.2) is 4.40 Å². The van der Waals surface area contributed by atoms with Crippen molar-refractivity contribution >= 4 is 34.2 Å². The van der Waals surface area contributed by atoms with E-state index in [-0.39, 0.29) is 38.7 Å². The van der Waals surface area contributed by atoms with E-state index in [1.165, 1.54) is 13.0 Å². The molecule has 8 heteroatoms. The topological polar surface area (TPSA) is 118 Å². The fourth-order valence-electron chi connectivity index (χ4n) is 2.49. The molecule has 22 heavy (non-hydrogen) atoms. The molecule has 0 aliphatic rings. The average Bonchev–Trinajstić information content (AvgIpc) is 2.79. The first-order valence-electron chi connectivity index (χ1n) is 6.24. The summed E-state index contributed by atoms with van der Waals surface area (Å²) in [4.78, 5) is 24.2. The monoisotopic (exact) mass is 322 g/mol. The molecule has 0 saturated carbocycles. The van der Waals surface area contributed by atoms with Crippen molar-refractivity contribution in [3.05, 3.63) is 38.3 Å². The van der Waals surface area contributed by atoms with E-state index in [4.69, 9.17) is 21.8 Å². The highest BCUT2D eigenvalue weighted by molar-refractivity contribution is 6.34. The number of carbonyl (C=O) groups is 1. The fraction of sp³-hybridized carbons (Fsp3) is 0.143. The number of rotatable bonds is 1. The molecule has 3 aromatic rings. The highest BCUT2D eigenvalue weighted by Crippen LogP contribution is 2.38. The van der Waals surface area contributed by atoms with Crippen LogP contribution in [-0.2, 0) is 0 Å². The molecule has 0 aliphatic carbocycles. The van der Waals surface area contributed by atoms with Gasteiger partial charge in [0.1, 0.15) is 22.6 Å². The predicted octanol–water partition coefficient (Wildman–Crippen LogP) is 1.83. The van der Waals surface area contributed by atoms with Crippen molar-refractivity contribution in [2.24, 2.45) is 5.73 Å². The molecule has 0 bridgehead atoms. The van der Waals surface area contributed by atoms with Gasteiger partial charge in [-0.05, 0) is 13.8 Å². The number of primary amides is 1. The minimum Gasteiger partial charge on any atom is -0.507 e. The molecule has 1 aromatic carbocycles. The number of aromatic nitrogens is 1. The maximum absolute atomic E-state index is 12.7. The first-order chi connectivity index (χ1) is 10.3. The number of nitrogens with two attached hydrogens (primary N) is 1. The van der Waals surface area contributed by atoms with Crippen LogP contribution in [0.5, 0.6) is 11.5 Å². The lowest BCUT2D eigenvalue weighted by Gasteiger charge is -2.10. The Kier molecular flexibility index (Phi) is 2.86. The molecular weight excluding hydrogens is 312 g/mol. The number of benzene rings is 1. The molecule has 0 spiro atoms. The highest BCUT2D eigenvalue weighted by Gasteiger charge is 2.24. The van der Waals surface area contributed by atoms with Gasteiger partial charge >= 0.3 is 0 Å². The first kappa shape index (κ1) is 14.3. The van der Waals surface area contributed by atoms with E-state index in [1.54, 1.807) is 6.92 Å². The molecule has 7 nitrogen and oxygen atoms in total. The van der Waals surface area contributed by atoms with Crippen molar-refractivity contribution in [1.82, 2.24) is 4.40 Å². The second-order valence-corrected chi connectivity index (χ2v) is 5.34. The van der Waals surface area contributed by atoms with Crippen molar-refractivity contribution in [3.8, 4) is 11.5 Å². The molecule has 0 fully saturated rings. The Morgan fingerprint density at radius 1 is 1.27 bits per heavy atom. The van der Waals surface area contributed by atoms with Crippen molar-refractivity contribution in [2.45, 2.75) is 13.8 Å². The zero-order valence-corrected chi connectivity index (χ0v) is 12.4. The second-order valence-electron chi connectivity index (χ2n) is 4.94. The maximum Gasteiger partial charge on any atom is 0.273 e. The van der Waals surface area contributed by atoms with Crippen LogP contribution in [0, 0.1) is 13.8 Å². The van der Waals surface area contributed by atoms with E-state index in [1.807, 2.05) is 0 Å². The second kappa shape index (κ2) is 4.41. The number of phenolic OH excluding ortho intramolecular Hbond substituents is 2. The summed E-state index contributed by atoms with van der Waals surface area (Å²) < 4.78 is 6.44. The molecule has 2 heterocycles. The Morgan fingerprint density at radius 3 is 2.50 bits per heavy atom. The van der Waals surface area contributed by atoms with Crippen LogP contribution in [0.15, 0.2) is 15.3 Å². The van der Waals surface area contributed by atoms with Gasteiger partial charge in [0.15, 0.2) is 5.58 Å². The van der Waals surface area contributed by atoms with Crippen LogP contribution in [0.1, 0.15) is 21.6 Å². The van der Waals surface area contributed by atoms with Gasteiger partial charge in [0, 0.05) is 17.2 Å². The summed E-state index contributed by atoms with van der Waals surface area (Å²) >= 11 is 5.91. The molecule has 3 rings (SSSR count). The molecule has 1 amide bonds. The van der Waals surface area contributed by atoms with Gasteiger partial charge in [-0.1, -0.05) is 11.6 Å². The number of phenols is 2. The van der Waals surface area contributed by atoms with Gasteiger partial charge in [0.25, 0.3) is 11.5 Å². The summed E-state index contributed by atoms with van der Waals surface area (Å²) in [6.45, 7) is 3.00. The van der Waals surface area contributed by atoms with Gasteiger partial charge in [0.2, 0.25) is 5.71 Å². The van der Waals surface area contributed by atoms with Crippen LogP contribution in [-0.4, -0.2) is 20.5 Å². The van der Waals surface area contributed by atoms with E-state index in [0.717, 1.165) is 4.40 Å². The highest BCUT2D eigenvalue weighted by atomic mass is 35.5. The third-order valence-electron chi connectivity index (χ3n) is 3.65. The van der Waals surface area contributed by atoms with Gasteiger partial charge in [-0.3, -0.25) is 9.59 Å². The summed E-state index contributed by atoms with van der Waals surface area (Å²) in [5.41, 5.74) is 4.73. The van der Waals surface area contributed by atoms with Gasteiger partial charge < -0.3 is 20.4 Å². The van der Waals surface area contributed by atoms with Crippen molar-refractivity contribution < 1.29 is 19.4 Å². The number of hydrogen-bond acceptors (Lipinski definition) is 5. The Labute approximate surface area is 128 Å². The van der Waals surface area contributed by atoms with E-state index in [2.05, 4.69) is 0 Å². The molecule has 0 aliphatic heterocycles. The van der Waals surface area contributed by atoms with Gasteiger partial charge in [0.05, 0.1) is 5.02 Å². The standard InChI is InChI=1S/C14H11ClN2O5/c1-4-10(18)5(2)12-8(11(4)19)14(21)17-7(22-12)3-6(15)9(17)13(16)20/h3,18-19H,1-2H3,(H2,16,20). The van der Waals surface area contributed by atoms with Crippen molar-refractivity contribution in [2.75, 3.05) is 0 Å². The lowest BCUT2D eigenvalue weighted by Crippen LogP contribution is -2.22. The molecule has 4 N–H and O–H groups in total. The van der Waals surface area contributed by atoms with Crippen LogP contribution >= 0.6 is 11.6 Å². The quantitative estimate of drug-likeness (QED) is 0.631. The van der Waals surface area contributed by atoms with Gasteiger partial charge in [-0.15, -0.1) is 0 Å². The van der Waals surface area contributed by atoms with Crippen LogP contribution in [0.3, 0.4) is 0 Å². The minimum absolute atomic E-state index is 0.0120. The first-order valence-corrected chi connectivity index (χ1v) is 6.62. The predicted molar refractivity (Wildman–Crippen MR) is 79.8 cm³/mol. The average molecular weight is 323 g/mol.